The van der Waals surface area contributed by atoms with Crippen LogP contribution in [0, 0.1) is 5.92 Å². The summed E-state index contributed by atoms with van der Waals surface area (Å²) in [6.45, 7) is 6.34. The van der Waals surface area contributed by atoms with Crippen LogP contribution < -0.4 is 5.32 Å². The number of aromatic nitrogens is 2. The molecule has 1 N–H and O–H groups in total. The highest BCUT2D eigenvalue weighted by molar-refractivity contribution is 5.14. The van der Waals surface area contributed by atoms with Gasteiger partial charge in [0.2, 0.25) is 0 Å². The lowest BCUT2D eigenvalue weighted by Gasteiger charge is -2.40. The standard InChI is InChI=1S/C16H28N4/c1-4-17-16(13-10-18-20(5-2)11-13)12-8-14-6-7-15(9-12)19(14)3/h10-12,14-17H,4-9H2,1-3H3. The lowest BCUT2D eigenvalue weighted by Crippen LogP contribution is -2.43. The molecule has 1 aromatic heterocycles. The van der Waals surface area contributed by atoms with Crippen molar-refractivity contribution in [1.29, 1.82) is 0 Å². The van der Waals surface area contributed by atoms with Crippen molar-refractivity contribution >= 4 is 0 Å². The van der Waals surface area contributed by atoms with Crippen LogP contribution in [-0.2, 0) is 6.54 Å². The Labute approximate surface area is 122 Å². The summed E-state index contributed by atoms with van der Waals surface area (Å²) in [5, 5.41) is 8.19. The zero-order chi connectivity index (χ0) is 14.1. The molecule has 2 bridgehead atoms. The first kappa shape index (κ1) is 14.1. The van der Waals surface area contributed by atoms with Crippen molar-refractivity contribution in [3.8, 4) is 0 Å². The van der Waals surface area contributed by atoms with E-state index in [1.807, 2.05) is 4.68 Å². The quantitative estimate of drug-likeness (QED) is 0.896. The molecule has 2 fully saturated rings. The van der Waals surface area contributed by atoms with Crippen LogP contribution in [0.1, 0.15) is 51.1 Å². The average molecular weight is 276 g/mol. The topological polar surface area (TPSA) is 33.1 Å². The molecule has 0 aromatic carbocycles. The molecule has 20 heavy (non-hydrogen) atoms. The number of hydrogen-bond donors (Lipinski definition) is 1. The number of aryl methyl sites for hydroxylation is 1. The molecule has 2 aliphatic rings. The van der Waals surface area contributed by atoms with Crippen molar-refractivity contribution in [2.24, 2.45) is 5.92 Å². The lowest BCUT2D eigenvalue weighted by molar-refractivity contribution is 0.113. The molecule has 3 unspecified atom stereocenters. The Hall–Kier alpha value is -0.870. The fraction of sp³-hybridized carbons (Fsp3) is 0.812. The summed E-state index contributed by atoms with van der Waals surface area (Å²) in [6, 6.07) is 2.10. The summed E-state index contributed by atoms with van der Waals surface area (Å²) in [5.41, 5.74) is 1.38. The zero-order valence-electron chi connectivity index (χ0n) is 13.0. The van der Waals surface area contributed by atoms with Gasteiger partial charge in [-0.1, -0.05) is 6.92 Å². The molecular weight excluding hydrogens is 248 g/mol. The Bertz CT molecular complexity index is 427. The Morgan fingerprint density at radius 3 is 2.55 bits per heavy atom. The second kappa shape index (κ2) is 5.86. The molecule has 1 aromatic rings. The number of nitrogens with zero attached hydrogens (tertiary/aromatic N) is 3. The van der Waals surface area contributed by atoms with Crippen LogP contribution in [0.3, 0.4) is 0 Å². The van der Waals surface area contributed by atoms with Gasteiger partial charge in [0.05, 0.1) is 6.20 Å². The van der Waals surface area contributed by atoms with Gasteiger partial charge >= 0.3 is 0 Å². The smallest absolute Gasteiger partial charge is 0.0537 e. The molecule has 3 rings (SSSR count). The van der Waals surface area contributed by atoms with Crippen molar-refractivity contribution in [3.05, 3.63) is 18.0 Å². The van der Waals surface area contributed by atoms with Gasteiger partial charge in [0, 0.05) is 36.4 Å². The molecule has 3 atom stereocenters. The third kappa shape index (κ3) is 2.51. The maximum atomic E-state index is 4.47. The summed E-state index contributed by atoms with van der Waals surface area (Å²) >= 11 is 0. The lowest BCUT2D eigenvalue weighted by atomic mass is 9.83. The first-order chi connectivity index (χ1) is 9.72. The molecule has 4 nitrogen and oxygen atoms in total. The molecule has 0 saturated carbocycles. The molecule has 0 radical (unpaired) electrons. The first-order valence-corrected chi connectivity index (χ1v) is 8.20. The fourth-order valence-electron chi connectivity index (χ4n) is 4.22. The molecule has 2 aliphatic heterocycles. The summed E-state index contributed by atoms with van der Waals surface area (Å²) < 4.78 is 2.04. The first-order valence-electron chi connectivity index (χ1n) is 8.20. The van der Waals surface area contributed by atoms with E-state index in [0.717, 1.165) is 31.1 Å². The van der Waals surface area contributed by atoms with E-state index in [1.165, 1.54) is 31.2 Å². The van der Waals surface area contributed by atoms with Crippen LogP contribution in [-0.4, -0.2) is 40.4 Å². The van der Waals surface area contributed by atoms with Crippen molar-refractivity contribution in [2.75, 3.05) is 13.6 Å². The van der Waals surface area contributed by atoms with Crippen LogP contribution in [0.5, 0.6) is 0 Å². The molecule has 2 saturated heterocycles. The largest absolute Gasteiger partial charge is 0.310 e. The van der Waals surface area contributed by atoms with Crippen molar-refractivity contribution in [2.45, 2.75) is 64.2 Å². The summed E-state index contributed by atoms with van der Waals surface area (Å²) in [7, 11) is 2.32. The van der Waals surface area contributed by atoms with Gasteiger partial charge in [-0.15, -0.1) is 0 Å². The summed E-state index contributed by atoms with van der Waals surface area (Å²) in [5.74, 6) is 0.762. The van der Waals surface area contributed by atoms with Gasteiger partial charge in [-0.2, -0.15) is 5.10 Å². The predicted molar refractivity (Wildman–Crippen MR) is 81.6 cm³/mol. The van der Waals surface area contributed by atoms with Crippen molar-refractivity contribution < 1.29 is 0 Å². The molecular formula is C16H28N4. The van der Waals surface area contributed by atoms with Crippen LogP contribution in [0.4, 0.5) is 0 Å². The van der Waals surface area contributed by atoms with E-state index >= 15 is 0 Å². The predicted octanol–water partition coefficient (Wildman–Crippen LogP) is 2.43. The number of nitrogens with one attached hydrogen (secondary N) is 1. The van der Waals surface area contributed by atoms with E-state index in [0.29, 0.717) is 6.04 Å². The third-order valence-corrected chi connectivity index (χ3v) is 5.37. The van der Waals surface area contributed by atoms with Crippen LogP contribution in [0.2, 0.25) is 0 Å². The molecule has 0 aliphatic carbocycles. The molecule has 112 valence electrons. The minimum absolute atomic E-state index is 0.483. The Kier molecular flexibility index (Phi) is 4.13. The number of hydrogen-bond acceptors (Lipinski definition) is 3. The fourth-order valence-corrected chi connectivity index (χ4v) is 4.22. The molecule has 3 heterocycles. The third-order valence-electron chi connectivity index (χ3n) is 5.37. The highest BCUT2D eigenvalue weighted by Gasteiger charge is 2.41. The molecule has 0 spiro atoms. The second-order valence-electron chi connectivity index (χ2n) is 6.45. The molecule has 4 heteroatoms. The number of piperidine rings is 1. The monoisotopic (exact) mass is 276 g/mol. The van der Waals surface area contributed by atoms with Gasteiger partial charge in [-0.05, 0) is 52.1 Å². The van der Waals surface area contributed by atoms with Gasteiger partial charge in [0.15, 0.2) is 0 Å². The van der Waals surface area contributed by atoms with Crippen molar-refractivity contribution in [3.63, 3.8) is 0 Å². The minimum atomic E-state index is 0.483. The highest BCUT2D eigenvalue weighted by Crippen LogP contribution is 2.42. The van der Waals surface area contributed by atoms with E-state index in [1.54, 1.807) is 0 Å². The number of rotatable bonds is 5. The minimum Gasteiger partial charge on any atom is -0.310 e. The Balaban J connectivity index is 1.77. The van der Waals surface area contributed by atoms with Crippen LogP contribution in [0.25, 0.3) is 0 Å². The van der Waals surface area contributed by atoms with Gasteiger partial charge < -0.3 is 10.2 Å². The van der Waals surface area contributed by atoms with E-state index in [4.69, 9.17) is 0 Å². The van der Waals surface area contributed by atoms with Gasteiger partial charge in [0.25, 0.3) is 0 Å². The molecule has 0 amide bonds. The summed E-state index contributed by atoms with van der Waals surface area (Å²) in [4.78, 5) is 2.62. The van der Waals surface area contributed by atoms with E-state index in [9.17, 15) is 0 Å². The zero-order valence-corrected chi connectivity index (χ0v) is 13.0. The van der Waals surface area contributed by atoms with Crippen LogP contribution in [0.15, 0.2) is 12.4 Å². The maximum Gasteiger partial charge on any atom is 0.0537 e. The number of fused-ring (bicyclic) bond motifs is 2. The Morgan fingerprint density at radius 2 is 2.00 bits per heavy atom. The van der Waals surface area contributed by atoms with Gasteiger partial charge in [0.1, 0.15) is 0 Å². The van der Waals surface area contributed by atoms with Crippen LogP contribution >= 0.6 is 0 Å². The van der Waals surface area contributed by atoms with Gasteiger partial charge in [-0.25, -0.2) is 0 Å². The Morgan fingerprint density at radius 1 is 1.30 bits per heavy atom. The summed E-state index contributed by atoms with van der Waals surface area (Å²) in [6.07, 6.45) is 9.75. The maximum absolute atomic E-state index is 4.47. The van der Waals surface area contributed by atoms with E-state index in [-0.39, 0.29) is 0 Å². The normalized spacial score (nSPS) is 31.6. The highest BCUT2D eigenvalue weighted by atomic mass is 15.3. The SMILES string of the molecule is CCNC(c1cnn(CC)c1)C1CC2CCC(C1)N2C. The van der Waals surface area contributed by atoms with Crippen molar-refractivity contribution in [1.82, 2.24) is 20.0 Å². The van der Waals surface area contributed by atoms with E-state index in [2.05, 4.69) is 48.6 Å². The average Bonchev–Trinajstić information content (AvgIpc) is 2.98. The van der Waals surface area contributed by atoms with Gasteiger partial charge in [-0.3, -0.25) is 4.68 Å². The second-order valence-corrected chi connectivity index (χ2v) is 6.45. The van der Waals surface area contributed by atoms with E-state index < -0.39 is 0 Å².